The van der Waals surface area contributed by atoms with E-state index in [0.29, 0.717) is 0 Å². The standard InChI is InChI=1S/C13H17BrN2O2/c1-16-8-3-2-7-12(16)18-13(17)15-11-6-4-5-10(14)9-11/h4-6,9,12H,2-3,7-8H2,1H3,(H,15,17). The number of carbonyl (C=O) groups is 1. The fourth-order valence-corrected chi connectivity index (χ4v) is 2.43. The largest absolute Gasteiger partial charge is 0.430 e. The molecule has 1 aliphatic heterocycles. The predicted molar refractivity (Wildman–Crippen MR) is 74.5 cm³/mol. The first-order valence-corrected chi connectivity index (χ1v) is 6.88. The van der Waals surface area contributed by atoms with E-state index in [-0.39, 0.29) is 6.23 Å². The summed E-state index contributed by atoms with van der Waals surface area (Å²) in [6.07, 6.45) is 2.68. The Kier molecular flexibility index (Phi) is 4.60. The van der Waals surface area contributed by atoms with Crippen LogP contribution in [0.4, 0.5) is 10.5 Å². The second-order valence-electron chi connectivity index (χ2n) is 4.47. The molecule has 0 bridgehead atoms. The van der Waals surface area contributed by atoms with Gasteiger partial charge < -0.3 is 4.74 Å². The average Bonchev–Trinajstić information content (AvgIpc) is 2.32. The molecule has 5 heteroatoms. The highest BCUT2D eigenvalue weighted by Crippen LogP contribution is 2.18. The number of anilines is 1. The summed E-state index contributed by atoms with van der Waals surface area (Å²) in [5.41, 5.74) is 0.729. The van der Waals surface area contributed by atoms with E-state index in [1.807, 2.05) is 31.3 Å². The number of halogens is 1. The summed E-state index contributed by atoms with van der Waals surface area (Å²) >= 11 is 3.36. The SMILES string of the molecule is CN1CCCCC1OC(=O)Nc1cccc(Br)c1. The zero-order valence-corrected chi connectivity index (χ0v) is 11.9. The number of hydrogen-bond acceptors (Lipinski definition) is 3. The van der Waals surface area contributed by atoms with E-state index in [9.17, 15) is 4.79 Å². The molecule has 0 saturated carbocycles. The third-order valence-corrected chi connectivity index (χ3v) is 3.51. The number of carbonyl (C=O) groups excluding carboxylic acids is 1. The van der Waals surface area contributed by atoms with Crippen LogP contribution in [0.1, 0.15) is 19.3 Å². The van der Waals surface area contributed by atoms with Gasteiger partial charge in [-0.1, -0.05) is 22.0 Å². The molecule has 1 aromatic rings. The molecule has 0 aliphatic carbocycles. The first-order chi connectivity index (χ1) is 8.65. The zero-order valence-electron chi connectivity index (χ0n) is 10.4. The monoisotopic (exact) mass is 312 g/mol. The fraction of sp³-hybridized carbons (Fsp3) is 0.462. The number of nitrogens with zero attached hydrogens (tertiary/aromatic N) is 1. The van der Waals surface area contributed by atoms with Crippen molar-refractivity contribution in [1.29, 1.82) is 0 Å². The Morgan fingerprint density at radius 3 is 3.06 bits per heavy atom. The molecule has 2 rings (SSSR count). The van der Waals surface area contributed by atoms with Gasteiger partial charge in [-0.3, -0.25) is 10.2 Å². The number of piperidine rings is 1. The molecule has 1 aliphatic rings. The normalized spacial score (nSPS) is 20.4. The lowest BCUT2D eigenvalue weighted by Crippen LogP contribution is -2.40. The predicted octanol–water partition coefficient (Wildman–Crippen LogP) is 3.44. The third-order valence-electron chi connectivity index (χ3n) is 3.02. The first kappa shape index (κ1) is 13.4. The number of nitrogens with one attached hydrogen (secondary N) is 1. The van der Waals surface area contributed by atoms with Crippen molar-refractivity contribution in [3.63, 3.8) is 0 Å². The molecule has 1 amide bonds. The third kappa shape index (κ3) is 3.71. The van der Waals surface area contributed by atoms with Gasteiger partial charge in [0.25, 0.3) is 0 Å². The highest BCUT2D eigenvalue weighted by atomic mass is 79.9. The van der Waals surface area contributed by atoms with Crippen LogP contribution < -0.4 is 5.32 Å². The summed E-state index contributed by atoms with van der Waals surface area (Å²) in [4.78, 5) is 13.8. The second kappa shape index (κ2) is 6.20. The number of amides is 1. The van der Waals surface area contributed by atoms with E-state index in [2.05, 4.69) is 26.1 Å². The van der Waals surface area contributed by atoms with E-state index in [4.69, 9.17) is 4.74 Å². The minimum absolute atomic E-state index is 0.106. The molecule has 0 radical (unpaired) electrons. The van der Waals surface area contributed by atoms with Crippen LogP contribution in [0.25, 0.3) is 0 Å². The van der Waals surface area contributed by atoms with Crippen LogP contribution in [-0.4, -0.2) is 30.8 Å². The Morgan fingerprint density at radius 1 is 1.50 bits per heavy atom. The lowest BCUT2D eigenvalue weighted by atomic mass is 10.1. The molecular weight excluding hydrogens is 296 g/mol. The molecule has 1 heterocycles. The van der Waals surface area contributed by atoms with E-state index in [1.165, 1.54) is 6.42 Å². The van der Waals surface area contributed by atoms with Gasteiger partial charge in [-0.15, -0.1) is 0 Å². The van der Waals surface area contributed by atoms with Gasteiger partial charge in [-0.05, 0) is 44.5 Å². The van der Waals surface area contributed by atoms with Crippen LogP contribution >= 0.6 is 15.9 Å². The van der Waals surface area contributed by atoms with Gasteiger partial charge in [0.05, 0.1) is 0 Å². The van der Waals surface area contributed by atoms with Gasteiger partial charge in [0.15, 0.2) is 6.23 Å². The van der Waals surface area contributed by atoms with Crippen molar-refractivity contribution in [3.8, 4) is 0 Å². The minimum Gasteiger partial charge on any atom is -0.430 e. The summed E-state index contributed by atoms with van der Waals surface area (Å²) in [5, 5.41) is 2.73. The summed E-state index contributed by atoms with van der Waals surface area (Å²) in [6.45, 7) is 0.981. The van der Waals surface area contributed by atoms with Gasteiger partial charge in [-0.2, -0.15) is 0 Å². The number of rotatable bonds is 2. The van der Waals surface area contributed by atoms with Gasteiger partial charge in [0.1, 0.15) is 0 Å². The highest BCUT2D eigenvalue weighted by Gasteiger charge is 2.22. The first-order valence-electron chi connectivity index (χ1n) is 6.08. The molecule has 0 spiro atoms. The molecule has 1 fully saturated rings. The van der Waals surface area contributed by atoms with Gasteiger partial charge in [-0.25, -0.2) is 4.79 Å². The molecule has 98 valence electrons. The Bertz CT molecular complexity index is 425. The zero-order chi connectivity index (χ0) is 13.0. The smallest absolute Gasteiger partial charge is 0.413 e. The lowest BCUT2D eigenvalue weighted by molar-refractivity contribution is -0.0160. The van der Waals surface area contributed by atoms with Crippen LogP contribution in [0, 0.1) is 0 Å². The Labute approximate surface area is 115 Å². The van der Waals surface area contributed by atoms with Gasteiger partial charge in [0.2, 0.25) is 0 Å². The Balaban J connectivity index is 1.88. The van der Waals surface area contributed by atoms with E-state index in [0.717, 1.165) is 29.5 Å². The van der Waals surface area contributed by atoms with Crippen LogP contribution in [-0.2, 0) is 4.74 Å². The Morgan fingerprint density at radius 2 is 2.33 bits per heavy atom. The fourth-order valence-electron chi connectivity index (χ4n) is 2.03. The van der Waals surface area contributed by atoms with Crippen LogP contribution in [0.15, 0.2) is 28.7 Å². The average molecular weight is 313 g/mol. The number of hydrogen-bond donors (Lipinski definition) is 1. The molecule has 18 heavy (non-hydrogen) atoms. The number of ether oxygens (including phenoxy) is 1. The molecule has 1 N–H and O–H groups in total. The molecule has 0 aromatic heterocycles. The van der Waals surface area contributed by atoms with Crippen molar-refractivity contribution in [2.75, 3.05) is 18.9 Å². The highest BCUT2D eigenvalue weighted by molar-refractivity contribution is 9.10. The summed E-state index contributed by atoms with van der Waals surface area (Å²) in [7, 11) is 1.98. The van der Waals surface area contributed by atoms with Crippen LogP contribution in [0.3, 0.4) is 0 Å². The topological polar surface area (TPSA) is 41.6 Å². The maximum Gasteiger partial charge on any atom is 0.413 e. The molecule has 1 atom stereocenters. The minimum atomic E-state index is -0.396. The van der Waals surface area contributed by atoms with Crippen molar-refractivity contribution in [1.82, 2.24) is 4.90 Å². The van der Waals surface area contributed by atoms with E-state index in [1.54, 1.807) is 0 Å². The van der Waals surface area contributed by atoms with Gasteiger partial charge in [0, 0.05) is 16.7 Å². The van der Waals surface area contributed by atoms with Crippen molar-refractivity contribution in [2.24, 2.45) is 0 Å². The van der Waals surface area contributed by atoms with Crippen molar-refractivity contribution >= 4 is 27.7 Å². The van der Waals surface area contributed by atoms with E-state index < -0.39 is 6.09 Å². The lowest BCUT2D eigenvalue weighted by Gasteiger charge is -2.31. The summed E-state index contributed by atoms with van der Waals surface area (Å²) < 4.78 is 6.33. The second-order valence-corrected chi connectivity index (χ2v) is 5.39. The van der Waals surface area contributed by atoms with Crippen LogP contribution in [0.2, 0.25) is 0 Å². The van der Waals surface area contributed by atoms with Crippen molar-refractivity contribution in [3.05, 3.63) is 28.7 Å². The molecular formula is C13H17BrN2O2. The number of likely N-dealkylation sites (tertiary alicyclic amines) is 1. The quantitative estimate of drug-likeness (QED) is 0.909. The van der Waals surface area contributed by atoms with Crippen molar-refractivity contribution in [2.45, 2.75) is 25.5 Å². The number of benzene rings is 1. The summed E-state index contributed by atoms with van der Waals surface area (Å²) in [5.74, 6) is 0. The molecule has 1 saturated heterocycles. The van der Waals surface area contributed by atoms with Crippen LogP contribution in [0.5, 0.6) is 0 Å². The molecule has 1 unspecified atom stereocenters. The molecule has 1 aromatic carbocycles. The van der Waals surface area contributed by atoms with E-state index >= 15 is 0 Å². The summed E-state index contributed by atoms with van der Waals surface area (Å²) in [6, 6.07) is 7.44. The maximum atomic E-state index is 11.8. The van der Waals surface area contributed by atoms with Gasteiger partial charge >= 0.3 is 6.09 Å². The molecule has 4 nitrogen and oxygen atoms in total. The Hall–Kier alpha value is -1.07. The maximum absolute atomic E-state index is 11.8. The van der Waals surface area contributed by atoms with Crippen molar-refractivity contribution < 1.29 is 9.53 Å².